The van der Waals surface area contributed by atoms with E-state index in [1.54, 1.807) is 19.2 Å². The van der Waals surface area contributed by atoms with Crippen LogP contribution < -0.4 is 5.32 Å². The van der Waals surface area contributed by atoms with Crippen LogP contribution in [0.2, 0.25) is 5.02 Å². The monoisotopic (exact) mass is 208 g/mol. The number of halogens is 1. The van der Waals surface area contributed by atoms with E-state index in [-0.39, 0.29) is 5.78 Å². The molecule has 0 unspecified atom stereocenters. The maximum absolute atomic E-state index is 11.1. The molecule has 0 aromatic carbocycles. The highest BCUT2D eigenvalue weighted by atomic mass is 35.5. The summed E-state index contributed by atoms with van der Waals surface area (Å²) in [6, 6.07) is 1.79. The minimum atomic E-state index is 0.0723. The Balaban J connectivity index is 2.47. The molecule has 0 aliphatic carbocycles. The highest BCUT2D eigenvalue weighted by Crippen LogP contribution is 2.24. The normalized spacial score (nSPS) is 14.0. The molecule has 0 atom stereocenters. The van der Waals surface area contributed by atoms with E-state index in [0.29, 0.717) is 11.6 Å². The van der Waals surface area contributed by atoms with Crippen molar-refractivity contribution in [2.45, 2.75) is 6.92 Å². The van der Waals surface area contributed by atoms with E-state index in [1.807, 2.05) is 6.08 Å². The maximum Gasteiger partial charge on any atom is 0.157 e. The highest BCUT2D eigenvalue weighted by molar-refractivity contribution is 6.30. The van der Waals surface area contributed by atoms with E-state index >= 15 is 0 Å². The highest BCUT2D eigenvalue weighted by Gasteiger charge is 2.13. The molecule has 0 saturated heterocycles. The lowest BCUT2D eigenvalue weighted by Gasteiger charge is -2.15. The Morgan fingerprint density at radius 1 is 1.64 bits per heavy atom. The average Bonchev–Trinajstić information content (AvgIpc) is 2.16. The zero-order chi connectivity index (χ0) is 10.1. The smallest absolute Gasteiger partial charge is 0.157 e. The van der Waals surface area contributed by atoms with Crippen LogP contribution in [-0.4, -0.2) is 17.3 Å². The quantitative estimate of drug-likeness (QED) is 0.769. The largest absolute Gasteiger partial charge is 0.365 e. The first-order chi connectivity index (χ1) is 6.66. The summed E-state index contributed by atoms with van der Waals surface area (Å²) in [6.07, 6.45) is 3.41. The summed E-state index contributed by atoms with van der Waals surface area (Å²) >= 11 is 5.80. The van der Waals surface area contributed by atoms with Gasteiger partial charge in [-0.2, -0.15) is 0 Å². The van der Waals surface area contributed by atoms with Gasteiger partial charge in [0.15, 0.2) is 5.78 Å². The van der Waals surface area contributed by atoms with Crippen LogP contribution in [-0.2, 0) is 4.79 Å². The van der Waals surface area contributed by atoms with E-state index < -0.39 is 0 Å². The average molecular weight is 209 g/mol. The molecule has 0 amide bonds. The van der Waals surface area contributed by atoms with Crippen molar-refractivity contribution in [1.29, 1.82) is 0 Å². The number of nitrogens with one attached hydrogen (secondary N) is 1. The lowest BCUT2D eigenvalue weighted by Crippen LogP contribution is -2.16. The zero-order valence-corrected chi connectivity index (χ0v) is 8.43. The number of nitrogens with zero attached hydrogens (tertiary/aromatic N) is 1. The maximum atomic E-state index is 11.1. The van der Waals surface area contributed by atoms with Crippen molar-refractivity contribution in [3.63, 3.8) is 0 Å². The molecule has 14 heavy (non-hydrogen) atoms. The molecular formula is C10H9ClN2O. The Bertz CT molecular complexity index is 426. The van der Waals surface area contributed by atoms with E-state index in [1.165, 1.54) is 0 Å². The van der Waals surface area contributed by atoms with E-state index in [0.717, 1.165) is 17.0 Å². The number of aromatic nitrogens is 1. The lowest BCUT2D eigenvalue weighted by atomic mass is 10.1. The fraction of sp³-hybridized carbons (Fsp3) is 0.200. The van der Waals surface area contributed by atoms with Gasteiger partial charge in [0.1, 0.15) is 5.82 Å². The standard InChI is InChI=1S/C10H9ClN2O/c1-6(14)8-2-7-3-9(11)5-13-10(7)12-4-8/h2-3,5H,4H2,1H3,(H,12,13). The van der Waals surface area contributed by atoms with Gasteiger partial charge < -0.3 is 5.32 Å². The van der Waals surface area contributed by atoms with Gasteiger partial charge in [-0.3, -0.25) is 4.79 Å². The van der Waals surface area contributed by atoms with Gasteiger partial charge in [0.2, 0.25) is 0 Å². The molecule has 0 fully saturated rings. The second-order valence-corrected chi connectivity index (χ2v) is 3.61. The number of ketones is 1. The zero-order valence-electron chi connectivity index (χ0n) is 7.67. The summed E-state index contributed by atoms with van der Waals surface area (Å²) in [5.41, 5.74) is 1.62. The van der Waals surface area contributed by atoms with Crippen LogP contribution in [0.25, 0.3) is 6.08 Å². The molecule has 0 bridgehead atoms. The Labute approximate surface area is 86.8 Å². The number of carbonyl (C=O) groups excluding carboxylic acids is 1. The van der Waals surface area contributed by atoms with Gasteiger partial charge in [-0.05, 0) is 19.1 Å². The summed E-state index contributed by atoms with van der Waals surface area (Å²) in [7, 11) is 0. The van der Waals surface area contributed by atoms with Crippen LogP contribution in [0.4, 0.5) is 5.82 Å². The minimum absolute atomic E-state index is 0.0723. The third-order valence-corrected chi connectivity index (χ3v) is 2.32. The number of anilines is 1. The van der Waals surface area contributed by atoms with Crippen LogP contribution in [0, 0.1) is 0 Å². The number of Topliss-reactive ketones (excluding diaryl/α,β-unsaturated/α-hetero) is 1. The number of pyridine rings is 1. The summed E-state index contributed by atoms with van der Waals surface area (Å²) in [5.74, 6) is 0.850. The molecule has 3 nitrogen and oxygen atoms in total. The van der Waals surface area contributed by atoms with Crippen molar-refractivity contribution in [3.05, 3.63) is 28.4 Å². The molecule has 2 heterocycles. The van der Waals surface area contributed by atoms with Crippen LogP contribution >= 0.6 is 11.6 Å². The number of carbonyl (C=O) groups is 1. The van der Waals surface area contributed by atoms with Crippen LogP contribution in [0.5, 0.6) is 0 Å². The number of hydrogen-bond donors (Lipinski definition) is 1. The van der Waals surface area contributed by atoms with Crippen molar-refractivity contribution in [3.8, 4) is 0 Å². The molecule has 0 radical (unpaired) electrons. The van der Waals surface area contributed by atoms with E-state index in [9.17, 15) is 4.79 Å². The van der Waals surface area contributed by atoms with E-state index in [4.69, 9.17) is 11.6 Å². The van der Waals surface area contributed by atoms with Crippen molar-refractivity contribution in [1.82, 2.24) is 4.98 Å². The van der Waals surface area contributed by atoms with Crippen LogP contribution in [0.3, 0.4) is 0 Å². The molecule has 0 spiro atoms. The molecule has 2 rings (SSSR count). The fourth-order valence-electron chi connectivity index (χ4n) is 1.36. The molecule has 1 N–H and O–H groups in total. The lowest BCUT2D eigenvalue weighted by molar-refractivity contribution is -0.113. The van der Waals surface area contributed by atoms with E-state index in [2.05, 4.69) is 10.3 Å². The van der Waals surface area contributed by atoms with Gasteiger partial charge in [0.05, 0.1) is 5.02 Å². The molecule has 4 heteroatoms. The SMILES string of the molecule is CC(=O)C1=Cc2cc(Cl)cnc2NC1. The van der Waals surface area contributed by atoms with Gasteiger partial charge in [-0.1, -0.05) is 11.6 Å². The predicted molar refractivity (Wildman–Crippen MR) is 56.4 cm³/mol. The summed E-state index contributed by atoms with van der Waals surface area (Å²) in [6.45, 7) is 2.09. The molecule has 0 saturated carbocycles. The Kier molecular flexibility index (Phi) is 2.25. The Morgan fingerprint density at radius 3 is 3.14 bits per heavy atom. The second-order valence-electron chi connectivity index (χ2n) is 3.17. The van der Waals surface area contributed by atoms with Gasteiger partial charge >= 0.3 is 0 Å². The van der Waals surface area contributed by atoms with Gasteiger partial charge in [-0.25, -0.2) is 4.98 Å². The van der Waals surface area contributed by atoms with Crippen LogP contribution in [0.1, 0.15) is 12.5 Å². The molecule has 1 aliphatic rings. The summed E-state index contributed by atoms with van der Waals surface area (Å²) in [5, 5.41) is 3.64. The number of fused-ring (bicyclic) bond motifs is 1. The molecule has 1 aromatic heterocycles. The Morgan fingerprint density at radius 2 is 2.43 bits per heavy atom. The first kappa shape index (κ1) is 9.21. The molecule has 1 aromatic rings. The van der Waals surface area contributed by atoms with Gasteiger partial charge in [0.25, 0.3) is 0 Å². The first-order valence-corrected chi connectivity index (χ1v) is 4.65. The number of rotatable bonds is 1. The van der Waals surface area contributed by atoms with Gasteiger partial charge in [0, 0.05) is 23.9 Å². The third-order valence-electron chi connectivity index (χ3n) is 2.11. The van der Waals surface area contributed by atoms with Crippen molar-refractivity contribution in [2.24, 2.45) is 0 Å². The van der Waals surface area contributed by atoms with Crippen LogP contribution in [0.15, 0.2) is 17.8 Å². The van der Waals surface area contributed by atoms with Crippen molar-refractivity contribution < 1.29 is 4.79 Å². The summed E-state index contributed by atoms with van der Waals surface area (Å²) < 4.78 is 0. The fourth-order valence-corrected chi connectivity index (χ4v) is 1.52. The predicted octanol–water partition coefficient (Wildman–Crippen LogP) is 2.13. The minimum Gasteiger partial charge on any atom is -0.365 e. The van der Waals surface area contributed by atoms with Gasteiger partial charge in [-0.15, -0.1) is 0 Å². The third kappa shape index (κ3) is 1.63. The van der Waals surface area contributed by atoms with Crippen molar-refractivity contribution in [2.75, 3.05) is 11.9 Å². The first-order valence-electron chi connectivity index (χ1n) is 4.28. The Hall–Kier alpha value is -1.35. The molecule has 72 valence electrons. The molecule has 1 aliphatic heterocycles. The van der Waals surface area contributed by atoms with Crippen molar-refractivity contribution >= 4 is 29.3 Å². The summed E-state index contributed by atoms with van der Waals surface area (Å²) in [4.78, 5) is 15.2. The topological polar surface area (TPSA) is 42.0 Å². The second kappa shape index (κ2) is 3.42. The number of hydrogen-bond acceptors (Lipinski definition) is 3. The molecular weight excluding hydrogens is 200 g/mol.